The largest absolute Gasteiger partial charge is 0.483 e. The monoisotopic (exact) mass is 448 g/mol. The topological polar surface area (TPSA) is 153 Å². The van der Waals surface area contributed by atoms with Crippen LogP contribution >= 0.6 is 11.6 Å². The normalized spacial score (nSPS) is 17.8. The first kappa shape index (κ1) is 22.3. The number of halogens is 1. The predicted molar refractivity (Wildman–Crippen MR) is 111 cm³/mol. The standard InChI is InChI=1S/C19H19ClN4O4.CH2O2/c1-10-6-14(22-21-10)7-12-8-24(9-15(12)25)18-16(19(26)27)17(28-23-18)11-2-4-13(20)5-3-11;2-1-3/h2-6,12,15,25H,7-9H2,1H3,(H,21,22)(H,26,27);1H,(H,2,3)/t12-,15+;/m1./s1. The highest BCUT2D eigenvalue weighted by Gasteiger charge is 2.37. The van der Waals surface area contributed by atoms with Crippen molar-refractivity contribution >= 4 is 29.9 Å². The minimum Gasteiger partial charge on any atom is -0.483 e. The van der Waals surface area contributed by atoms with Crippen molar-refractivity contribution in [2.24, 2.45) is 5.92 Å². The molecule has 164 valence electrons. The van der Waals surface area contributed by atoms with Gasteiger partial charge in [-0.05, 0) is 43.7 Å². The molecule has 0 saturated carbocycles. The zero-order valence-corrected chi connectivity index (χ0v) is 17.3. The maximum absolute atomic E-state index is 11.9. The van der Waals surface area contributed by atoms with E-state index >= 15 is 0 Å². The van der Waals surface area contributed by atoms with Crippen LogP contribution in [0.15, 0.2) is 34.9 Å². The number of hydrogen-bond acceptors (Lipinski definition) is 7. The van der Waals surface area contributed by atoms with Crippen molar-refractivity contribution in [3.8, 4) is 11.3 Å². The molecular weight excluding hydrogens is 428 g/mol. The van der Waals surface area contributed by atoms with E-state index in [0.29, 0.717) is 23.6 Å². The van der Waals surface area contributed by atoms with Crippen LogP contribution < -0.4 is 4.90 Å². The van der Waals surface area contributed by atoms with Gasteiger partial charge in [0.1, 0.15) is 0 Å². The van der Waals surface area contributed by atoms with Crippen molar-refractivity contribution < 1.29 is 29.4 Å². The summed E-state index contributed by atoms with van der Waals surface area (Å²) >= 11 is 5.90. The molecule has 4 rings (SSSR count). The van der Waals surface area contributed by atoms with Gasteiger partial charge in [0, 0.05) is 35.3 Å². The molecule has 10 nitrogen and oxygen atoms in total. The van der Waals surface area contributed by atoms with Crippen LogP contribution in [0.2, 0.25) is 5.02 Å². The summed E-state index contributed by atoms with van der Waals surface area (Å²) in [5.74, 6) is -0.834. The molecule has 11 heteroatoms. The van der Waals surface area contributed by atoms with Gasteiger partial charge < -0.3 is 24.7 Å². The van der Waals surface area contributed by atoms with E-state index in [-0.39, 0.29) is 36.1 Å². The predicted octanol–water partition coefficient (Wildman–Crippen LogP) is 2.47. The molecule has 0 amide bonds. The average Bonchev–Trinajstić information content (AvgIpc) is 3.42. The van der Waals surface area contributed by atoms with Crippen molar-refractivity contribution in [1.29, 1.82) is 0 Å². The molecule has 0 aliphatic carbocycles. The van der Waals surface area contributed by atoms with Gasteiger partial charge in [0.25, 0.3) is 6.47 Å². The number of carbonyl (C=O) groups is 2. The maximum Gasteiger partial charge on any atom is 0.343 e. The zero-order valence-electron chi connectivity index (χ0n) is 16.5. The van der Waals surface area contributed by atoms with Crippen molar-refractivity contribution in [3.05, 3.63) is 52.3 Å². The van der Waals surface area contributed by atoms with Gasteiger partial charge in [0.05, 0.1) is 11.8 Å². The van der Waals surface area contributed by atoms with Crippen LogP contribution in [0.25, 0.3) is 11.3 Å². The van der Waals surface area contributed by atoms with Gasteiger partial charge >= 0.3 is 5.97 Å². The first-order valence-electron chi connectivity index (χ1n) is 9.34. The lowest BCUT2D eigenvalue weighted by Gasteiger charge is -2.15. The fourth-order valence-corrected chi connectivity index (χ4v) is 3.69. The van der Waals surface area contributed by atoms with Crippen molar-refractivity contribution in [1.82, 2.24) is 15.4 Å². The number of nitrogens with zero attached hydrogens (tertiary/aromatic N) is 3. The third-order valence-electron chi connectivity index (χ3n) is 4.93. The number of anilines is 1. The number of carboxylic acids is 1. The van der Waals surface area contributed by atoms with Gasteiger partial charge in [-0.25, -0.2) is 4.79 Å². The van der Waals surface area contributed by atoms with Crippen molar-refractivity contribution in [2.45, 2.75) is 19.4 Å². The number of nitrogens with one attached hydrogen (secondary N) is 1. The Morgan fingerprint density at radius 3 is 2.61 bits per heavy atom. The fourth-order valence-electron chi connectivity index (χ4n) is 3.56. The molecule has 31 heavy (non-hydrogen) atoms. The minimum atomic E-state index is -1.14. The fraction of sp³-hybridized carbons (Fsp3) is 0.300. The average molecular weight is 449 g/mol. The van der Waals surface area contributed by atoms with E-state index < -0.39 is 12.1 Å². The molecule has 2 atom stereocenters. The molecule has 1 aliphatic heterocycles. The van der Waals surface area contributed by atoms with Gasteiger partial charge in [0.15, 0.2) is 17.1 Å². The third kappa shape index (κ3) is 5.04. The summed E-state index contributed by atoms with van der Waals surface area (Å²) in [6.07, 6.45) is -0.0268. The van der Waals surface area contributed by atoms with Crippen LogP contribution in [-0.2, 0) is 11.2 Å². The van der Waals surface area contributed by atoms with Gasteiger partial charge in [0.2, 0.25) is 0 Å². The Morgan fingerprint density at radius 2 is 2.03 bits per heavy atom. The number of aliphatic hydroxyl groups is 1. The van der Waals surface area contributed by atoms with Gasteiger partial charge in [-0.1, -0.05) is 16.8 Å². The molecule has 0 radical (unpaired) electrons. The second-order valence-electron chi connectivity index (χ2n) is 7.11. The first-order valence-corrected chi connectivity index (χ1v) is 9.72. The Hall–Kier alpha value is -3.37. The lowest BCUT2D eigenvalue weighted by atomic mass is 10.0. The molecule has 1 fully saturated rings. The highest BCUT2D eigenvalue weighted by Crippen LogP contribution is 2.35. The number of H-pyrrole nitrogens is 1. The lowest BCUT2D eigenvalue weighted by molar-refractivity contribution is -0.122. The maximum atomic E-state index is 11.9. The number of aromatic nitrogens is 3. The van der Waals surface area contributed by atoms with E-state index in [4.69, 9.17) is 26.0 Å². The third-order valence-corrected chi connectivity index (χ3v) is 5.18. The van der Waals surface area contributed by atoms with E-state index in [2.05, 4.69) is 15.4 Å². The van der Waals surface area contributed by atoms with Gasteiger partial charge in [-0.15, -0.1) is 0 Å². The Labute approximate surface area is 182 Å². The number of aliphatic hydroxyl groups excluding tert-OH is 1. The zero-order chi connectivity index (χ0) is 22.5. The van der Waals surface area contributed by atoms with Crippen LogP contribution in [0.3, 0.4) is 0 Å². The second-order valence-corrected chi connectivity index (χ2v) is 7.54. The van der Waals surface area contributed by atoms with Crippen molar-refractivity contribution in [3.63, 3.8) is 0 Å². The van der Waals surface area contributed by atoms with Crippen LogP contribution in [-0.4, -0.2) is 62.3 Å². The quantitative estimate of drug-likeness (QED) is 0.431. The summed E-state index contributed by atoms with van der Waals surface area (Å²) in [5.41, 5.74) is 2.37. The minimum absolute atomic E-state index is 0.0224. The molecular formula is C20H21ClN4O6. The number of hydrogen-bond donors (Lipinski definition) is 4. The summed E-state index contributed by atoms with van der Waals surface area (Å²) in [6, 6.07) is 8.62. The molecule has 0 spiro atoms. The van der Waals surface area contributed by atoms with E-state index in [1.165, 1.54) is 0 Å². The molecule has 3 heterocycles. The lowest BCUT2D eigenvalue weighted by Crippen LogP contribution is -2.23. The van der Waals surface area contributed by atoms with Crippen molar-refractivity contribution in [2.75, 3.05) is 18.0 Å². The summed E-state index contributed by atoms with van der Waals surface area (Å²) in [5, 5.41) is 38.8. The van der Waals surface area contributed by atoms with Crippen LogP contribution in [0.5, 0.6) is 0 Å². The molecule has 1 aliphatic rings. The van der Waals surface area contributed by atoms with Crippen LogP contribution in [0, 0.1) is 12.8 Å². The highest BCUT2D eigenvalue weighted by atomic mass is 35.5. The number of β-amino-alcohol motifs (C(OH)–C–C–N with tert-alkyl or cyclic N) is 1. The molecule has 0 bridgehead atoms. The van der Waals surface area contributed by atoms with E-state index in [9.17, 15) is 15.0 Å². The van der Waals surface area contributed by atoms with E-state index in [1.807, 2.05) is 13.0 Å². The number of aromatic carboxylic acids is 1. The first-order chi connectivity index (χ1) is 14.8. The Morgan fingerprint density at radius 1 is 1.35 bits per heavy atom. The van der Waals surface area contributed by atoms with E-state index in [1.54, 1.807) is 29.2 Å². The summed E-state index contributed by atoms with van der Waals surface area (Å²) < 4.78 is 5.37. The smallest absolute Gasteiger partial charge is 0.343 e. The second kappa shape index (κ2) is 9.63. The van der Waals surface area contributed by atoms with Gasteiger partial charge in [-0.2, -0.15) is 5.10 Å². The molecule has 1 saturated heterocycles. The number of rotatable bonds is 5. The van der Waals surface area contributed by atoms with Crippen LogP contribution in [0.4, 0.5) is 5.82 Å². The number of aryl methyl sites for hydroxylation is 1. The Balaban J connectivity index is 0.000000858. The summed E-state index contributed by atoms with van der Waals surface area (Å²) in [6.45, 7) is 2.40. The molecule has 2 aromatic heterocycles. The number of benzene rings is 1. The molecule has 0 unspecified atom stereocenters. The highest BCUT2D eigenvalue weighted by molar-refractivity contribution is 6.30. The van der Waals surface area contributed by atoms with Gasteiger partial charge in [-0.3, -0.25) is 9.89 Å². The number of aromatic amines is 1. The van der Waals surface area contributed by atoms with E-state index in [0.717, 1.165) is 11.4 Å². The SMILES string of the molecule is Cc1cc(C[C@@H]2CN(c3noc(-c4ccc(Cl)cc4)c3C(=O)O)C[C@@H]2O)n[nH]1.O=CO. The Bertz CT molecular complexity index is 1050. The number of carboxylic acid groups (broad SMARTS) is 2. The molecule has 1 aromatic carbocycles. The molecule has 4 N–H and O–H groups in total. The van der Waals surface area contributed by atoms with Crippen LogP contribution in [0.1, 0.15) is 21.7 Å². The Kier molecular flexibility index (Phi) is 6.93. The summed E-state index contributed by atoms with van der Waals surface area (Å²) in [4.78, 5) is 22.0. The summed E-state index contributed by atoms with van der Waals surface area (Å²) in [7, 11) is 0. The molecule has 3 aromatic rings.